The Balaban J connectivity index is 2.45. The van der Waals surface area contributed by atoms with Crippen LogP contribution in [-0.4, -0.2) is 34.7 Å². The first-order valence-electron chi connectivity index (χ1n) is 5.80. The molecular weight excluding hydrogens is 254 g/mol. The van der Waals surface area contributed by atoms with E-state index < -0.39 is 0 Å². The summed E-state index contributed by atoms with van der Waals surface area (Å²) >= 11 is 5.84. The van der Waals surface area contributed by atoms with Gasteiger partial charge in [-0.15, -0.1) is 0 Å². The quantitative estimate of drug-likeness (QED) is 0.684. The molecule has 6 heteroatoms. The van der Waals surface area contributed by atoms with Crippen LogP contribution in [0, 0.1) is 0 Å². The van der Waals surface area contributed by atoms with Crippen molar-refractivity contribution in [2.24, 2.45) is 0 Å². The summed E-state index contributed by atoms with van der Waals surface area (Å²) < 4.78 is 0. The van der Waals surface area contributed by atoms with Gasteiger partial charge in [0.1, 0.15) is 0 Å². The fourth-order valence-corrected chi connectivity index (χ4v) is 1.72. The van der Waals surface area contributed by atoms with Gasteiger partial charge < -0.3 is 15.7 Å². The maximum absolute atomic E-state index is 11.7. The highest BCUT2D eigenvalue weighted by atomic mass is 35.5. The van der Waals surface area contributed by atoms with E-state index in [4.69, 9.17) is 16.7 Å². The molecule has 3 N–H and O–H groups in total. The molecule has 0 aromatic carbocycles. The van der Waals surface area contributed by atoms with Crippen LogP contribution in [-0.2, 0) is 4.79 Å². The van der Waals surface area contributed by atoms with Gasteiger partial charge in [-0.05, 0) is 26.0 Å². The number of nitrogens with zero attached hydrogens (tertiary/aromatic N) is 1. The number of aromatic nitrogens is 1. The Morgan fingerprint density at radius 3 is 2.83 bits per heavy atom. The lowest BCUT2D eigenvalue weighted by Crippen LogP contribution is -2.38. The number of hydrogen-bond donors (Lipinski definition) is 3. The van der Waals surface area contributed by atoms with Crippen molar-refractivity contribution in [2.45, 2.75) is 32.4 Å². The largest absolute Gasteiger partial charge is 0.395 e. The zero-order valence-electron chi connectivity index (χ0n) is 10.5. The van der Waals surface area contributed by atoms with Crippen LogP contribution in [0.1, 0.15) is 20.3 Å². The van der Waals surface area contributed by atoms with Gasteiger partial charge in [-0.2, -0.15) is 0 Å². The molecule has 1 aromatic rings. The average molecular weight is 272 g/mol. The average Bonchev–Trinajstić information content (AvgIpc) is 2.31. The highest BCUT2D eigenvalue weighted by Crippen LogP contribution is 2.17. The highest BCUT2D eigenvalue weighted by Gasteiger charge is 2.12. The van der Waals surface area contributed by atoms with Crippen LogP contribution >= 0.6 is 11.6 Å². The summed E-state index contributed by atoms with van der Waals surface area (Å²) in [5.41, 5.74) is 0.506. The number of halogens is 1. The van der Waals surface area contributed by atoms with Gasteiger partial charge in [0.15, 0.2) is 5.15 Å². The van der Waals surface area contributed by atoms with Crippen molar-refractivity contribution in [3.8, 4) is 0 Å². The number of rotatable bonds is 6. The number of anilines is 1. The van der Waals surface area contributed by atoms with E-state index in [2.05, 4.69) is 15.6 Å². The molecule has 2 atom stereocenters. The van der Waals surface area contributed by atoms with Crippen LogP contribution in [0.4, 0.5) is 5.69 Å². The number of nitrogens with one attached hydrogen (secondary N) is 2. The lowest BCUT2D eigenvalue weighted by molar-refractivity contribution is -0.116. The second-order valence-corrected chi connectivity index (χ2v) is 4.60. The molecule has 0 bridgehead atoms. The van der Waals surface area contributed by atoms with Gasteiger partial charge in [0.05, 0.1) is 12.3 Å². The zero-order chi connectivity index (χ0) is 13.5. The summed E-state index contributed by atoms with van der Waals surface area (Å²) in [5.74, 6) is -0.143. The van der Waals surface area contributed by atoms with E-state index in [1.165, 1.54) is 0 Å². The first-order valence-corrected chi connectivity index (χ1v) is 6.18. The molecule has 0 saturated heterocycles. The number of carbonyl (C=O) groups is 1. The first-order chi connectivity index (χ1) is 8.52. The van der Waals surface area contributed by atoms with Crippen LogP contribution in [0.15, 0.2) is 18.3 Å². The van der Waals surface area contributed by atoms with Crippen LogP contribution in [0.2, 0.25) is 5.15 Å². The summed E-state index contributed by atoms with van der Waals surface area (Å²) in [5, 5.41) is 15.0. The van der Waals surface area contributed by atoms with Gasteiger partial charge in [-0.3, -0.25) is 4.79 Å². The van der Waals surface area contributed by atoms with Crippen molar-refractivity contribution in [3.63, 3.8) is 0 Å². The minimum atomic E-state index is -0.143. The van der Waals surface area contributed by atoms with Crippen LogP contribution in [0.3, 0.4) is 0 Å². The predicted molar refractivity (Wildman–Crippen MR) is 71.6 cm³/mol. The molecule has 1 unspecified atom stereocenters. The molecule has 5 nitrogen and oxygen atoms in total. The molecule has 1 amide bonds. The molecule has 0 saturated carbocycles. The zero-order valence-corrected chi connectivity index (χ0v) is 11.2. The summed E-state index contributed by atoms with van der Waals surface area (Å²) in [4.78, 5) is 15.6. The van der Waals surface area contributed by atoms with Crippen LogP contribution < -0.4 is 10.6 Å². The topological polar surface area (TPSA) is 74.2 Å². The fourth-order valence-electron chi connectivity index (χ4n) is 1.56. The number of aliphatic hydroxyl groups excluding tert-OH is 1. The number of carbonyl (C=O) groups excluding carboxylic acids is 1. The molecule has 0 aliphatic rings. The molecule has 0 aliphatic heterocycles. The number of amides is 1. The number of hydrogen-bond acceptors (Lipinski definition) is 4. The first kappa shape index (κ1) is 14.9. The van der Waals surface area contributed by atoms with Crippen molar-refractivity contribution in [1.82, 2.24) is 10.3 Å². The van der Waals surface area contributed by atoms with Gasteiger partial charge in [-0.25, -0.2) is 4.98 Å². The molecule has 0 spiro atoms. The second kappa shape index (κ2) is 7.31. The molecule has 0 aliphatic carbocycles. The van der Waals surface area contributed by atoms with E-state index in [1.54, 1.807) is 18.3 Å². The van der Waals surface area contributed by atoms with Crippen molar-refractivity contribution < 1.29 is 9.90 Å². The van der Waals surface area contributed by atoms with E-state index in [1.807, 2.05) is 13.8 Å². The SMILES string of the molecule is CC(CC(=O)Nc1cccnc1Cl)N[C@H](C)CO. The van der Waals surface area contributed by atoms with Gasteiger partial charge in [0.2, 0.25) is 5.91 Å². The molecule has 1 rings (SSSR count). The Morgan fingerprint density at radius 2 is 2.22 bits per heavy atom. The van der Waals surface area contributed by atoms with Crippen LogP contribution in [0.5, 0.6) is 0 Å². The summed E-state index contributed by atoms with van der Waals surface area (Å²) in [6.45, 7) is 3.78. The summed E-state index contributed by atoms with van der Waals surface area (Å²) in [6, 6.07) is 3.34. The third kappa shape index (κ3) is 5.00. The summed E-state index contributed by atoms with van der Waals surface area (Å²) in [6.07, 6.45) is 1.86. The standard InChI is InChI=1S/C12H18ClN3O2/c1-8(15-9(2)7-17)6-11(18)16-10-4-3-5-14-12(10)13/h3-5,8-9,15,17H,6-7H2,1-2H3,(H,16,18)/t8?,9-/m1/s1. The summed E-state index contributed by atoms with van der Waals surface area (Å²) in [7, 11) is 0. The van der Waals surface area contributed by atoms with Crippen molar-refractivity contribution in [1.29, 1.82) is 0 Å². The minimum absolute atomic E-state index is 0.0254. The van der Waals surface area contributed by atoms with E-state index in [0.717, 1.165) is 0 Å². The van der Waals surface area contributed by atoms with Gasteiger partial charge in [0.25, 0.3) is 0 Å². The lowest BCUT2D eigenvalue weighted by Gasteiger charge is -2.17. The van der Waals surface area contributed by atoms with Crippen molar-refractivity contribution in [3.05, 3.63) is 23.5 Å². The van der Waals surface area contributed by atoms with Gasteiger partial charge >= 0.3 is 0 Å². The Kier molecular flexibility index (Phi) is 6.04. The van der Waals surface area contributed by atoms with Gasteiger partial charge in [-0.1, -0.05) is 11.6 Å². The maximum Gasteiger partial charge on any atom is 0.226 e. The molecule has 1 aromatic heterocycles. The van der Waals surface area contributed by atoms with E-state index in [0.29, 0.717) is 12.1 Å². The third-order valence-electron chi connectivity index (χ3n) is 2.37. The third-order valence-corrected chi connectivity index (χ3v) is 2.67. The minimum Gasteiger partial charge on any atom is -0.395 e. The molecule has 18 heavy (non-hydrogen) atoms. The smallest absolute Gasteiger partial charge is 0.226 e. The molecule has 1 heterocycles. The van der Waals surface area contributed by atoms with Crippen molar-refractivity contribution >= 4 is 23.2 Å². The van der Waals surface area contributed by atoms with E-state index >= 15 is 0 Å². The Bertz CT molecular complexity index is 401. The lowest BCUT2D eigenvalue weighted by atomic mass is 10.2. The number of pyridine rings is 1. The second-order valence-electron chi connectivity index (χ2n) is 4.25. The maximum atomic E-state index is 11.7. The molecule has 0 radical (unpaired) electrons. The fraction of sp³-hybridized carbons (Fsp3) is 0.500. The Hall–Kier alpha value is -1.17. The van der Waals surface area contributed by atoms with Crippen LogP contribution in [0.25, 0.3) is 0 Å². The monoisotopic (exact) mass is 271 g/mol. The van der Waals surface area contributed by atoms with Gasteiger partial charge in [0, 0.05) is 24.7 Å². The Morgan fingerprint density at radius 1 is 1.50 bits per heavy atom. The number of aliphatic hydroxyl groups is 1. The molecule has 100 valence electrons. The highest BCUT2D eigenvalue weighted by molar-refractivity contribution is 6.32. The molecular formula is C12H18ClN3O2. The molecule has 0 fully saturated rings. The van der Waals surface area contributed by atoms with E-state index in [9.17, 15) is 4.79 Å². The predicted octanol–water partition coefficient (Wildman–Crippen LogP) is 1.42. The normalized spacial score (nSPS) is 14.0. The van der Waals surface area contributed by atoms with E-state index in [-0.39, 0.29) is 29.8 Å². The van der Waals surface area contributed by atoms with Crippen molar-refractivity contribution in [2.75, 3.05) is 11.9 Å². The Labute approximate surface area is 112 Å².